The lowest BCUT2D eigenvalue weighted by molar-refractivity contribution is -0.119. The second-order valence-electron chi connectivity index (χ2n) is 6.85. The zero-order valence-corrected chi connectivity index (χ0v) is 18.5. The van der Waals surface area contributed by atoms with Crippen LogP contribution in [-0.4, -0.2) is 36.3 Å². The first-order valence-corrected chi connectivity index (χ1v) is 11.2. The van der Waals surface area contributed by atoms with Crippen LogP contribution in [0.25, 0.3) is 5.95 Å². The van der Waals surface area contributed by atoms with Gasteiger partial charge in [0, 0.05) is 10.6 Å². The van der Waals surface area contributed by atoms with Crippen LogP contribution >= 0.6 is 23.1 Å². The molecule has 3 heterocycles. The van der Waals surface area contributed by atoms with Gasteiger partial charge in [0.25, 0.3) is 5.95 Å². The predicted octanol–water partition coefficient (Wildman–Crippen LogP) is 2.99. The van der Waals surface area contributed by atoms with Crippen molar-refractivity contribution in [1.29, 1.82) is 0 Å². The van der Waals surface area contributed by atoms with Crippen LogP contribution in [0.15, 0.2) is 53.0 Å². The number of aryl methyl sites for hydroxylation is 2. The first-order valence-electron chi connectivity index (χ1n) is 9.37. The molecule has 0 saturated carbocycles. The molecule has 1 atom stereocenters. The van der Waals surface area contributed by atoms with Gasteiger partial charge in [-0.3, -0.25) is 4.79 Å². The summed E-state index contributed by atoms with van der Waals surface area (Å²) in [5, 5.41) is 17.9. The number of nitrogens with zero attached hydrogens (tertiary/aromatic N) is 5. The number of carbonyl (C=O) groups excluding carboxylic acids is 1. The molecule has 3 aromatic heterocycles. The average Bonchev–Trinajstić information content (AvgIpc) is 3.46. The second kappa shape index (κ2) is 8.90. The number of aromatic nitrogens is 5. The predicted molar refractivity (Wildman–Crippen MR) is 118 cm³/mol. The second-order valence-corrected chi connectivity index (χ2v) is 8.77. The molecule has 1 amide bonds. The molecular weight excluding hydrogens is 437 g/mol. The molecule has 0 fully saturated rings. The summed E-state index contributed by atoms with van der Waals surface area (Å²) < 4.78 is 16.2. The van der Waals surface area contributed by atoms with Crippen molar-refractivity contribution in [3.8, 4) is 5.95 Å². The van der Waals surface area contributed by atoms with E-state index in [1.807, 2.05) is 37.4 Å². The molecule has 160 valence electrons. The van der Waals surface area contributed by atoms with Crippen LogP contribution in [0, 0.1) is 19.7 Å². The van der Waals surface area contributed by atoms with Crippen molar-refractivity contribution in [3.05, 3.63) is 75.5 Å². The molecule has 1 unspecified atom stereocenters. The number of nitrogens with one attached hydrogen (secondary N) is 1. The van der Waals surface area contributed by atoms with Gasteiger partial charge >= 0.3 is 0 Å². The summed E-state index contributed by atoms with van der Waals surface area (Å²) >= 11 is 2.70. The molecule has 11 heteroatoms. The molecular formula is C20H20FN7OS2. The van der Waals surface area contributed by atoms with E-state index in [9.17, 15) is 9.18 Å². The van der Waals surface area contributed by atoms with Crippen LogP contribution in [0.2, 0.25) is 0 Å². The van der Waals surface area contributed by atoms with E-state index < -0.39 is 0 Å². The van der Waals surface area contributed by atoms with E-state index >= 15 is 0 Å². The summed E-state index contributed by atoms with van der Waals surface area (Å²) in [4.78, 5) is 13.6. The van der Waals surface area contributed by atoms with Crippen LogP contribution in [0.1, 0.15) is 27.9 Å². The fourth-order valence-electron chi connectivity index (χ4n) is 3.11. The van der Waals surface area contributed by atoms with Crippen molar-refractivity contribution in [1.82, 2.24) is 30.0 Å². The molecule has 0 aliphatic rings. The number of thioether (sulfide) groups is 1. The molecule has 0 saturated heterocycles. The first-order chi connectivity index (χ1) is 14.9. The molecule has 8 nitrogen and oxygen atoms in total. The Balaban J connectivity index is 1.46. The largest absolute Gasteiger partial charge is 0.344 e. The summed E-state index contributed by atoms with van der Waals surface area (Å²) in [6.45, 7) is 3.78. The molecule has 31 heavy (non-hydrogen) atoms. The maximum absolute atomic E-state index is 13.3. The van der Waals surface area contributed by atoms with E-state index in [1.54, 1.807) is 16.8 Å². The van der Waals surface area contributed by atoms with E-state index in [0.717, 1.165) is 21.8 Å². The highest BCUT2D eigenvalue weighted by Crippen LogP contribution is 2.27. The third kappa shape index (κ3) is 4.62. The van der Waals surface area contributed by atoms with E-state index in [1.165, 1.54) is 39.9 Å². The number of benzene rings is 1. The van der Waals surface area contributed by atoms with Gasteiger partial charge in [-0.2, -0.15) is 5.10 Å². The minimum atomic E-state index is -0.366. The van der Waals surface area contributed by atoms with Gasteiger partial charge in [0.15, 0.2) is 0 Å². The molecule has 4 rings (SSSR count). The van der Waals surface area contributed by atoms with Gasteiger partial charge in [-0.25, -0.2) is 13.7 Å². The highest BCUT2D eigenvalue weighted by Gasteiger charge is 2.20. The SMILES string of the molecule is Cc1cc(C)n(-c2nnc(SCC(=O)NC(c3ccc(F)cc3)c3cccs3)n2N)n1. The van der Waals surface area contributed by atoms with E-state index in [-0.39, 0.29) is 23.5 Å². The Labute approximate surface area is 186 Å². The number of rotatable bonds is 7. The Kier molecular flexibility index (Phi) is 6.05. The summed E-state index contributed by atoms with van der Waals surface area (Å²) in [5.41, 5.74) is 2.52. The topological polar surface area (TPSA) is 104 Å². The Bertz CT molecular complexity index is 1190. The number of hydrogen-bond donors (Lipinski definition) is 2. The zero-order chi connectivity index (χ0) is 22.0. The van der Waals surface area contributed by atoms with Crippen LogP contribution in [-0.2, 0) is 4.79 Å². The number of amides is 1. The first kappa shape index (κ1) is 21.1. The number of thiophene rings is 1. The smallest absolute Gasteiger partial charge is 0.271 e. The molecule has 3 N–H and O–H groups in total. The van der Waals surface area contributed by atoms with Gasteiger partial charge in [-0.05, 0) is 49.1 Å². The number of halogens is 1. The van der Waals surface area contributed by atoms with Crippen LogP contribution < -0.4 is 11.2 Å². The van der Waals surface area contributed by atoms with Gasteiger partial charge in [0.1, 0.15) is 5.82 Å². The van der Waals surface area contributed by atoms with Gasteiger partial charge in [-0.1, -0.05) is 30.0 Å². The van der Waals surface area contributed by atoms with Gasteiger partial charge < -0.3 is 11.2 Å². The third-order valence-electron chi connectivity index (χ3n) is 4.51. The fraction of sp³-hybridized carbons (Fsp3) is 0.200. The Morgan fingerprint density at radius 2 is 2.03 bits per heavy atom. The van der Waals surface area contributed by atoms with Gasteiger partial charge in [0.2, 0.25) is 11.1 Å². The summed E-state index contributed by atoms with van der Waals surface area (Å²) in [7, 11) is 0. The highest BCUT2D eigenvalue weighted by atomic mass is 32.2. The van der Waals surface area contributed by atoms with Crippen molar-refractivity contribution in [2.24, 2.45) is 0 Å². The van der Waals surface area contributed by atoms with Crippen molar-refractivity contribution in [2.75, 3.05) is 11.6 Å². The summed E-state index contributed by atoms with van der Waals surface area (Å²) in [6, 6.07) is 11.5. The minimum Gasteiger partial charge on any atom is -0.344 e. The number of hydrogen-bond acceptors (Lipinski definition) is 7. The molecule has 4 aromatic rings. The number of nitrogens with two attached hydrogens (primary N) is 1. The molecule has 0 aliphatic heterocycles. The lowest BCUT2D eigenvalue weighted by Gasteiger charge is -2.18. The van der Waals surface area contributed by atoms with Crippen molar-refractivity contribution in [3.63, 3.8) is 0 Å². The number of nitrogen functional groups attached to an aromatic ring is 1. The monoisotopic (exact) mass is 457 g/mol. The molecule has 0 radical (unpaired) electrons. The molecule has 1 aromatic carbocycles. The lowest BCUT2D eigenvalue weighted by Crippen LogP contribution is -2.30. The van der Waals surface area contributed by atoms with Crippen molar-refractivity contribution in [2.45, 2.75) is 25.0 Å². The van der Waals surface area contributed by atoms with Crippen LogP contribution in [0.4, 0.5) is 4.39 Å². The zero-order valence-electron chi connectivity index (χ0n) is 16.8. The maximum atomic E-state index is 13.3. The Hall–Kier alpha value is -3.18. The molecule has 0 bridgehead atoms. The van der Waals surface area contributed by atoms with Gasteiger partial charge in [-0.15, -0.1) is 21.5 Å². The van der Waals surface area contributed by atoms with Crippen molar-refractivity contribution >= 4 is 29.0 Å². The van der Waals surface area contributed by atoms with E-state index in [4.69, 9.17) is 5.84 Å². The fourth-order valence-corrected chi connectivity index (χ4v) is 4.57. The number of carbonyl (C=O) groups is 1. The normalized spacial score (nSPS) is 12.1. The highest BCUT2D eigenvalue weighted by molar-refractivity contribution is 7.99. The van der Waals surface area contributed by atoms with Gasteiger partial charge in [0.05, 0.1) is 17.5 Å². The van der Waals surface area contributed by atoms with Crippen molar-refractivity contribution < 1.29 is 9.18 Å². The third-order valence-corrected chi connectivity index (χ3v) is 6.39. The van der Waals surface area contributed by atoms with E-state index in [2.05, 4.69) is 20.6 Å². The quantitative estimate of drug-likeness (QED) is 0.327. The van der Waals surface area contributed by atoms with Crippen LogP contribution in [0.3, 0.4) is 0 Å². The minimum absolute atomic E-state index is 0.0928. The summed E-state index contributed by atoms with van der Waals surface area (Å²) in [6.07, 6.45) is 0. The van der Waals surface area contributed by atoms with E-state index in [0.29, 0.717) is 11.1 Å². The van der Waals surface area contributed by atoms with Crippen LogP contribution in [0.5, 0.6) is 0 Å². The molecule has 0 aliphatic carbocycles. The lowest BCUT2D eigenvalue weighted by atomic mass is 10.1. The maximum Gasteiger partial charge on any atom is 0.271 e. The average molecular weight is 458 g/mol. The molecule has 0 spiro atoms. The Morgan fingerprint density at radius 1 is 1.26 bits per heavy atom. The Morgan fingerprint density at radius 3 is 2.68 bits per heavy atom. The summed E-state index contributed by atoms with van der Waals surface area (Å²) in [5.74, 6) is 6.06. The standard InChI is InChI=1S/C20H20FN7OS2/c1-12-10-13(2)28(26-12)19-24-25-20(27(19)22)31-11-17(29)23-18(16-4-3-9-30-16)14-5-7-15(21)8-6-14/h3-10,18H,11,22H2,1-2H3,(H,23,29).